The molecule has 0 bridgehead atoms. The van der Waals surface area contributed by atoms with Crippen LogP contribution in [0, 0.1) is 0 Å². The van der Waals surface area contributed by atoms with Gasteiger partial charge in [-0.25, -0.2) is 0 Å². The van der Waals surface area contributed by atoms with Gasteiger partial charge >= 0.3 is 5.97 Å². The molecule has 148 valence electrons. The van der Waals surface area contributed by atoms with Crippen LogP contribution in [0.15, 0.2) is 60.7 Å². The van der Waals surface area contributed by atoms with Crippen molar-refractivity contribution in [3.05, 3.63) is 66.2 Å². The van der Waals surface area contributed by atoms with E-state index in [1.165, 1.54) is 7.11 Å². The third-order valence-corrected chi connectivity index (χ3v) is 5.37. The average molecular weight is 401 g/mol. The van der Waals surface area contributed by atoms with E-state index < -0.39 is 11.5 Å². The van der Waals surface area contributed by atoms with Gasteiger partial charge in [0.15, 0.2) is 0 Å². The molecule has 0 aliphatic rings. The molecule has 0 aliphatic carbocycles. The maximum Gasteiger partial charge on any atom is 0.305 e. The molecule has 7 heteroatoms. The number of ether oxygens (including phenoxy) is 1. The zero-order valence-corrected chi connectivity index (χ0v) is 17.0. The predicted octanol–water partition coefficient (Wildman–Crippen LogP) is 3.44. The zero-order chi connectivity index (χ0) is 20.6. The van der Waals surface area contributed by atoms with E-state index >= 15 is 0 Å². The van der Waals surface area contributed by atoms with E-state index in [0.29, 0.717) is 5.56 Å². The van der Waals surface area contributed by atoms with Crippen LogP contribution in [0.2, 0.25) is 0 Å². The lowest BCUT2D eigenvalue weighted by Crippen LogP contribution is -2.52. The number of nitrogens with zero attached hydrogens (tertiary/aromatic N) is 1. The largest absolute Gasteiger partial charge is 0.469 e. The fourth-order valence-electron chi connectivity index (χ4n) is 2.50. The quantitative estimate of drug-likeness (QED) is 0.540. The predicted molar refractivity (Wildman–Crippen MR) is 111 cm³/mol. The van der Waals surface area contributed by atoms with Crippen molar-refractivity contribution < 1.29 is 19.1 Å². The van der Waals surface area contributed by atoms with Crippen molar-refractivity contribution in [1.29, 1.82) is 0 Å². The minimum Gasteiger partial charge on any atom is -0.469 e. The summed E-state index contributed by atoms with van der Waals surface area (Å²) in [6, 6.07) is 18.1. The van der Waals surface area contributed by atoms with Crippen molar-refractivity contribution in [2.24, 2.45) is 0 Å². The number of rotatable bonds is 8. The van der Waals surface area contributed by atoms with E-state index in [9.17, 15) is 14.4 Å². The van der Waals surface area contributed by atoms with Gasteiger partial charge in [-0.15, -0.1) is 0 Å². The first-order valence-electron chi connectivity index (χ1n) is 8.81. The highest BCUT2D eigenvalue weighted by Crippen LogP contribution is 2.27. The van der Waals surface area contributed by atoms with Crippen molar-refractivity contribution in [3.63, 3.8) is 0 Å². The maximum atomic E-state index is 13.1. The first-order valence-corrected chi connectivity index (χ1v) is 9.58. The molecule has 0 radical (unpaired) electrons. The number of benzene rings is 2. The Morgan fingerprint density at radius 3 is 2.18 bits per heavy atom. The third kappa shape index (κ3) is 5.85. The second-order valence-corrected chi connectivity index (χ2v) is 7.54. The van der Waals surface area contributed by atoms with Gasteiger partial charge in [0.25, 0.3) is 5.91 Å². The van der Waals surface area contributed by atoms with E-state index in [-0.39, 0.29) is 23.9 Å². The molecule has 2 aromatic carbocycles. The van der Waals surface area contributed by atoms with Crippen molar-refractivity contribution in [2.75, 3.05) is 18.5 Å². The molecule has 1 N–H and O–H groups in total. The van der Waals surface area contributed by atoms with Crippen molar-refractivity contribution in [1.82, 2.24) is 5.32 Å². The molecule has 0 fully saturated rings. The van der Waals surface area contributed by atoms with Crippen LogP contribution in [0.25, 0.3) is 0 Å². The molecule has 1 unspecified atom stereocenters. The van der Waals surface area contributed by atoms with Gasteiger partial charge in [-0.2, -0.15) is 0 Å². The van der Waals surface area contributed by atoms with E-state index in [4.69, 9.17) is 0 Å². The summed E-state index contributed by atoms with van der Waals surface area (Å²) >= 11 is 0.984. The molecular weight excluding hydrogens is 376 g/mol. The van der Waals surface area contributed by atoms with Crippen LogP contribution in [0.5, 0.6) is 0 Å². The second-order valence-electron chi connectivity index (χ2n) is 6.44. The monoisotopic (exact) mass is 400 g/mol. The summed E-state index contributed by atoms with van der Waals surface area (Å²) in [5, 5.41) is 2.53. The molecule has 0 aliphatic heterocycles. The van der Waals surface area contributed by atoms with Gasteiger partial charge in [0, 0.05) is 36.7 Å². The number of carbonyl (C=O) groups is 3. The number of carbonyl (C=O) groups excluding carboxylic acids is 3. The maximum absolute atomic E-state index is 13.1. The number of para-hydroxylation sites is 1. The Kier molecular flexibility index (Phi) is 7.63. The molecule has 6 nitrogen and oxygen atoms in total. The first-order chi connectivity index (χ1) is 13.4. The summed E-state index contributed by atoms with van der Waals surface area (Å²) in [6.45, 7) is 1.63. The lowest BCUT2D eigenvalue weighted by atomic mass is 9.96. The smallest absolute Gasteiger partial charge is 0.305 e. The average Bonchev–Trinajstić information content (AvgIpc) is 2.73. The topological polar surface area (TPSA) is 75.7 Å². The summed E-state index contributed by atoms with van der Waals surface area (Å²) < 4.78 is 6.41. The Morgan fingerprint density at radius 1 is 1.04 bits per heavy atom. The van der Waals surface area contributed by atoms with E-state index in [0.717, 1.165) is 17.6 Å². The molecule has 2 rings (SSSR count). The highest BCUT2D eigenvalue weighted by atomic mass is 32.2. The van der Waals surface area contributed by atoms with Gasteiger partial charge in [0.2, 0.25) is 5.12 Å². The summed E-state index contributed by atoms with van der Waals surface area (Å²) in [5.41, 5.74) is 0.0565. The Bertz CT molecular complexity index is 814. The van der Waals surface area contributed by atoms with Crippen LogP contribution in [0.4, 0.5) is 5.69 Å². The molecule has 2 aromatic rings. The van der Waals surface area contributed by atoms with Gasteiger partial charge < -0.3 is 14.4 Å². The minimum atomic E-state index is -1.24. The van der Waals surface area contributed by atoms with Crippen LogP contribution in [-0.4, -0.2) is 36.7 Å². The number of esters is 1. The molecule has 1 atom stereocenters. The molecule has 0 spiro atoms. The number of hydrogen-bond acceptors (Lipinski definition) is 6. The summed E-state index contributed by atoms with van der Waals surface area (Å²) in [6.07, 6.45) is 0.149. The number of anilines is 1. The summed E-state index contributed by atoms with van der Waals surface area (Å²) in [5.74, 6) is -0.807. The zero-order valence-electron chi connectivity index (χ0n) is 16.2. The number of hydrogen-bond donors (Lipinski definition) is 1. The molecule has 0 saturated carbocycles. The fourth-order valence-corrected chi connectivity index (χ4v) is 3.33. The highest BCUT2D eigenvalue weighted by Gasteiger charge is 2.37. The van der Waals surface area contributed by atoms with Crippen molar-refractivity contribution in [2.45, 2.75) is 25.3 Å². The van der Waals surface area contributed by atoms with Gasteiger partial charge in [0.1, 0.15) is 5.54 Å². The van der Waals surface area contributed by atoms with Crippen LogP contribution in [-0.2, 0) is 14.3 Å². The third-order valence-electron chi connectivity index (χ3n) is 4.27. The molecule has 1 amide bonds. The summed E-state index contributed by atoms with van der Waals surface area (Å²) in [7, 11) is 3.07. The van der Waals surface area contributed by atoms with Gasteiger partial charge in [-0.3, -0.25) is 14.4 Å². The Morgan fingerprint density at radius 2 is 1.61 bits per heavy atom. The molecule has 0 aromatic heterocycles. The molecule has 28 heavy (non-hydrogen) atoms. The normalized spacial score (nSPS) is 12.5. The Balaban J connectivity index is 2.17. The SMILES string of the molecule is COC(=O)CCC(C)(NC(=O)c1ccccc1)C(=O)SN(C)c1ccccc1. The Hall–Kier alpha value is -2.80. The second kappa shape index (κ2) is 9.94. The van der Waals surface area contributed by atoms with Crippen LogP contribution in [0.3, 0.4) is 0 Å². The van der Waals surface area contributed by atoms with Gasteiger partial charge in [-0.1, -0.05) is 36.4 Å². The standard InChI is InChI=1S/C21H24N2O4S/c1-21(15-14-18(24)27-3,22-19(25)16-10-6-4-7-11-16)20(26)28-23(2)17-12-8-5-9-13-17/h4-13H,14-15H2,1-3H3,(H,22,25). The minimum absolute atomic E-state index is 0.0173. The van der Waals surface area contributed by atoms with E-state index in [2.05, 4.69) is 10.1 Å². The van der Waals surface area contributed by atoms with Crippen molar-refractivity contribution in [3.8, 4) is 0 Å². The fraction of sp³-hybridized carbons (Fsp3) is 0.286. The number of methoxy groups -OCH3 is 1. The van der Waals surface area contributed by atoms with Gasteiger partial charge in [-0.05, 0) is 37.6 Å². The van der Waals surface area contributed by atoms with Crippen LogP contribution in [0.1, 0.15) is 30.1 Å². The molecule has 0 saturated heterocycles. The number of amides is 1. The highest BCUT2D eigenvalue weighted by molar-refractivity contribution is 8.15. The van der Waals surface area contributed by atoms with Crippen LogP contribution >= 0.6 is 11.9 Å². The summed E-state index contributed by atoms with van der Waals surface area (Å²) in [4.78, 5) is 37.3. The lowest BCUT2D eigenvalue weighted by molar-refractivity contribution is -0.141. The lowest BCUT2D eigenvalue weighted by Gasteiger charge is -2.30. The molecular formula is C21H24N2O4S. The Labute approximate surface area is 169 Å². The van der Waals surface area contributed by atoms with Crippen molar-refractivity contribution >= 4 is 34.6 Å². The van der Waals surface area contributed by atoms with E-state index in [1.54, 1.807) is 42.5 Å². The van der Waals surface area contributed by atoms with E-state index in [1.807, 2.05) is 36.4 Å². The molecule has 0 heterocycles. The first kappa shape index (κ1) is 21.5. The van der Waals surface area contributed by atoms with Crippen LogP contribution < -0.4 is 9.62 Å². The number of nitrogens with one attached hydrogen (secondary N) is 1. The van der Waals surface area contributed by atoms with Gasteiger partial charge in [0.05, 0.1) is 7.11 Å².